The molecule has 1 saturated heterocycles. The van der Waals surface area contributed by atoms with Crippen molar-refractivity contribution in [1.29, 1.82) is 0 Å². The molecule has 46 valence electrons. The second-order valence-corrected chi connectivity index (χ2v) is 1.95. The number of hydrogen-bond acceptors (Lipinski definition) is 2. The Bertz CT molecular complexity index is 101. The second kappa shape index (κ2) is 2.07. The summed E-state index contributed by atoms with van der Waals surface area (Å²) in [5, 5.41) is 3.00. The van der Waals surface area contributed by atoms with Crippen molar-refractivity contribution in [1.82, 2.24) is 5.32 Å². The lowest BCUT2D eigenvalue weighted by atomic mass is 10.3. The maximum atomic E-state index is 5.20. The molecule has 2 nitrogen and oxygen atoms in total. The molecule has 8 heavy (non-hydrogen) atoms. The zero-order chi connectivity index (χ0) is 5.98. The highest BCUT2D eigenvalue weighted by Crippen LogP contribution is 2.07. The Hall–Kier alpha value is -0.660. The molecule has 0 amide bonds. The van der Waals surface area contributed by atoms with E-state index in [0.717, 1.165) is 18.8 Å². The summed E-state index contributed by atoms with van der Waals surface area (Å²) in [5.41, 5.74) is 0. The second-order valence-electron chi connectivity index (χ2n) is 1.95. The number of nitrogens with one attached hydrogen (secondary N) is 1. The molecule has 0 spiro atoms. The molecule has 1 fully saturated rings. The molecule has 0 aliphatic carbocycles. The fourth-order valence-electron chi connectivity index (χ4n) is 0.740. The van der Waals surface area contributed by atoms with Crippen molar-refractivity contribution in [3.63, 3.8) is 0 Å². The quantitative estimate of drug-likeness (QED) is 0.544. The molecule has 1 aliphatic heterocycles. The number of ether oxygens (including phenoxy) is 1. The predicted octanol–water partition coefficient (Wildman–Crippen LogP) is 0.856. The van der Waals surface area contributed by atoms with Gasteiger partial charge in [-0.05, 0) is 13.0 Å². The van der Waals surface area contributed by atoms with E-state index in [1.54, 1.807) is 0 Å². The standard InChI is InChI=1S/C6H11NO/c1-3-6-4-7-5(2)8-6/h6-7H,2-4H2,1H3. The van der Waals surface area contributed by atoms with Crippen LogP contribution in [0.2, 0.25) is 0 Å². The highest BCUT2D eigenvalue weighted by atomic mass is 16.5. The van der Waals surface area contributed by atoms with Crippen LogP contribution in [0.25, 0.3) is 0 Å². The van der Waals surface area contributed by atoms with Gasteiger partial charge in [0.1, 0.15) is 6.10 Å². The van der Waals surface area contributed by atoms with Crippen molar-refractivity contribution in [2.45, 2.75) is 19.4 Å². The average Bonchev–Trinajstić information content (AvgIpc) is 2.14. The van der Waals surface area contributed by atoms with Gasteiger partial charge in [-0.3, -0.25) is 0 Å². The van der Waals surface area contributed by atoms with Crippen LogP contribution in [0.5, 0.6) is 0 Å². The van der Waals surface area contributed by atoms with E-state index in [1.165, 1.54) is 0 Å². The van der Waals surface area contributed by atoms with Crippen molar-refractivity contribution in [3.8, 4) is 0 Å². The molecular weight excluding hydrogens is 102 g/mol. The van der Waals surface area contributed by atoms with Gasteiger partial charge in [0.25, 0.3) is 0 Å². The summed E-state index contributed by atoms with van der Waals surface area (Å²) in [7, 11) is 0. The third-order valence-electron chi connectivity index (χ3n) is 1.29. The fraction of sp³-hybridized carbons (Fsp3) is 0.667. The summed E-state index contributed by atoms with van der Waals surface area (Å²) in [6.45, 7) is 6.65. The van der Waals surface area contributed by atoms with Crippen molar-refractivity contribution in [2.24, 2.45) is 0 Å². The van der Waals surface area contributed by atoms with Crippen LogP contribution in [-0.2, 0) is 4.74 Å². The smallest absolute Gasteiger partial charge is 0.179 e. The van der Waals surface area contributed by atoms with E-state index < -0.39 is 0 Å². The fourth-order valence-corrected chi connectivity index (χ4v) is 0.740. The largest absolute Gasteiger partial charge is 0.475 e. The van der Waals surface area contributed by atoms with Gasteiger partial charge in [-0.15, -0.1) is 0 Å². The molecule has 1 aliphatic rings. The Balaban J connectivity index is 2.32. The molecule has 1 atom stereocenters. The number of hydrogen-bond donors (Lipinski definition) is 1. The zero-order valence-electron chi connectivity index (χ0n) is 5.11. The summed E-state index contributed by atoms with van der Waals surface area (Å²) in [4.78, 5) is 0. The molecule has 1 N–H and O–H groups in total. The van der Waals surface area contributed by atoms with Gasteiger partial charge in [-0.2, -0.15) is 0 Å². The van der Waals surface area contributed by atoms with Crippen molar-refractivity contribution in [3.05, 3.63) is 12.5 Å². The van der Waals surface area contributed by atoms with Crippen LogP contribution in [0.3, 0.4) is 0 Å². The van der Waals surface area contributed by atoms with Crippen molar-refractivity contribution >= 4 is 0 Å². The molecule has 0 bridgehead atoms. The highest BCUT2D eigenvalue weighted by molar-refractivity contribution is 4.88. The van der Waals surface area contributed by atoms with Gasteiger partial charge in [0, 0.05) is 0 Å². The highest BCUT2D eigenvalue weighted by Gasteiger charge is 2.14. The molecule has 0 saturated carbocycles. The first-order valence-electron chi connectivity index (χ1n) is 2.92. The van der Waals surface area contributed by atoms with Crippen LogP contribution in [0.1, 0.15) is 13.3 Å². The Morgan fingerprint density at radius 1 is 2.00 bits per heavy atom. The molecule has 0 aromatic carbocycles. The lowest BCUT2D eigenvalue weighted by molar-refractivity contribution is 0.165. The van der Waals surface area contributed by atoms with Crippen LogP contribution in [0.15, 0.2) is 12.5 Å². The minimum atomic E-state index is 0.363. The maximum absolute atomic E-state index is 5.20. The van der Waals surface area contributed by atoms with Gasteiger partial charge in [0.2, 0.25) is 0 Å². The Morgan fingerprint density at radius 2 is 2.75 bits per heavy atom. The molecule has 0 radical (unpaired) electrons. The van der Waals surface area contributed by atoms with Gasteiger partial charge in [-0.25, -0.2) is 0 Å². The summed E-state index contributed by atoms with van der Waals surface area (Å²) < 4.78 is 5.20. The van der Waals surface area contributed by atoms with Gasteiger partial charge in [-0.1, -0.05) is 6.92 Å². The van der Waals surface area contributed by atoms with Crippen LogP contribution < -0.4 is 5.32 Å². The van der Waals surface area contributed by atoms with E-state index in [9.17, 15) is 0 Å². The van der Waals surface area contributed by atoms with Crippen molar-refractivity contribution in [2.75, 3.05) is 6.54 Å². The van der Waals surface area contributed by atoms with Crippen molar-refractivity contribution < 1.29 is 4.74 Å². The molecule has 2 heteroatoms. The third-order valence-corrected chi connectivity index (χ3v) is 1.29. The van der Waals surface area contributed by atoms with E-state index >= 15 is 0 Å². The summed E-state index contributed by atoms with van der Waals surface area (Å²) in [6, 6.07) is 0. The summed E-state index contributed by atoms with van der Waals surface area (Å²) in [6.07, 6.45) is 1.42. The van der Waals surface area contributed by atoms with Gasteiger partial charge in [0.15, 0.2) is 5.88 Å². The minimum absolute atomic E-state index is 0.363. The van der Waals surface area contributed by atoms with E-state index in [1.807, 2.05) is 0 Å². The van der Waals surface area contributed by atoms with Crippen LogP contribution in [0, 0.1) is 0 Å². The monoisotopic (exact) mass is 113 g/mol. The Labute approximate surface area is 49.5 Å². The molecule has 1 unspecified atom stereocenters. The normalized spacial score (nSPS) is 27.1. The first kappa shape index (κ1) is 5.48. The van der Waals surface area contributed by atoms with Gasteiger partial charge in [0.05, 0.1) is 6.54 Å². The first-order valence-corrected chi connectivity index (χ1v) is 2.92. The van der Waals surface area contributed by atoms with Crippen LogP contribution in [0.4, 0.5) is 0 Å². The SMILES string of the molecule is C=C1NCC(CC)O1. The van der Waals surface area contributed by atoms with Crippen LogP contribution >= 0.6 is 0 Å². The van der Waals surface area contributed by atoms with Gasteiger partial charge < -0.3 is 10.1 Å². The lowest BCUT2D eigenvalue weighted by Crippen LogP contribution is -2.11. The van der Waals surface area contributed by atoms with E-state index in [-0.39, 0.29) is 0 Å². The van der Waals surface area contributed by atoms with Gasteiger partial charge >= 0.3 is 0 Å². The Morgan fingerprint density at radius 3 is 3.00 bits per heavy atom. The first-order chi connectivity index (χ1) is 3.83. The maximum Gasteiger partial charge on any atom is 0.179 e. The topological polar surface area (TPSA) is 21.3 Å². The molecule has 0 aromatic rings. The lowest BCUT2D eigenvalue weighted by Gasteiger charge is -2.01. The van der Waals surface area contributed by atoms with Crippen LogP contribution in [-0.4, -0.2) is 12.6 Å². The summed E-state index contributed by atoms with van der Waals surface area (Å²) in [5.74, 6) is 0.719. The number of rotatable bonds is 1. The predicted molar refractivity (Wildman–Crippen MR) is 32.3 cm³/mol. The van der Waals surface area contributed by atoms with E-state index in [2.05, 4.69) is 18.8 Å². The van der Waals surface area contributed by atoms with E-state index in [4.69, 9.17) is 4.74 Å². The summed E-state index contributed by atoms with van der Waals surface area (Å²) >= 11 is 0. The average molecular weight is 113 g/mol. The molecule has 0 aromatic heterocycles. The molecule has 1 rings (SSSR count). The minimum Gasteiger partial charge on any atom is -0.475 e. The molecular formula is C6H11NO. The Kier molecular flexibility index (Phi) is 1.42. The van der Waals surface area contributed by atoms with E-state index in [0.29, 0.717) is 6.10 Å². The molecule has 1 heterocycles. The zero-order valence-corrected chi connectivity index (χ0v) is 5.11. The third kappa shape index (κ3) is 0.941.